The van der Waals surface area contributed by atoms with Crippen LogP contribution in [0.1, 0.15) is 45.4 Å². The molecule has 0 aromatic carbocycles. The summed E-state index contributed by atoms with van der Waals surface area (Å²) in [5.74, 6) is -0.543. The first-order valence-corrected chi connectivity index (χ1v) is 6.26. The molecule has 1 rings (SSSR count). The molecule has 5 nitrogen and oxygen atoms in total. The normalized spacial score (nSPS) is 18.0. The van der Waals surface area contributed by atoms with Gasteiger partial charge in [-0.2, -0.15) is 0 Å². The number of amides is 2. The van der Waals surface area contributed by atoms with Crippen LogP contribution in [-0.2, 0) is 9.59 Å². The Kier molecular flexibility index (Phi) is 5.41. The highest BCUT2D eigenvalue weighted by Crippen LogP contribution is 2.24. The van der Waals surface area contributed by atoms with Gasteiger partial charge in [0.25, 0.3) is 0 Å². The molecule has 5 heteroatoms. The third kappa shape index (κ3) is 4.73. The Bertz CT molecular complexity index is 273. The van der Waals surface area contributed by atoms with Crippen LogP contribution in [0.3, 0.4) is 0 Å². The molecule has 1 aliphatic carbocycles. The van der Waals surface area contributed by atoms with Gasteiger partial charge in [0.2, 0.25) is 11.8 Å². The van der Waals surface area contributed by atoms with Gasteiger partial charge >= 0.3 is 0 Å². The largest absolute Gasteiger partial charge is 0.393 e. The molecule has 0 aromatic rings. The van der Waals surface area contributed by atoms with Crippen molar-refractivity contribution in [3.63, 3.8) is 0 Å². The van der Waals surface area contributed by atoms with Crippen LogP contribution in [0, 0.1) is 0 Å². The van der Waals surface area contributed by atoms with Crippen molar-refractivity contribution in [2.45, 2.75) is 57.6 Å². The lowest BCUT2D eigenvalue weighted by atomic mass is 10.1. The van der Waals surface area contributed by atoms with Crippen molar-refractivity contribution in [2.75, 3.05) is 6.54 Å². The zero-order valence-electron chi connectivity index (χ0n) is 10.4. The van der Waals surface area contributed by atoms with Gasteiger partial charge in [-0.05, 0) is 26.2 Å². The van der Waals surface area contributed by atoms with Crippen molar-refractivity contribution in [1.29, 1.82) is 0 Å². The fourth-order valence-electron chi connectivity index (χ4n) is 2.28. The van der Waals surface area contributed by atoms with Gasteiger partial charge < -0.3 is 15.7 Å². The third-order valence-electron chi connectivity index (χ3n) is 3.19. The summed E-state index contributed by atoms with van der Waals surface area (Å²) in [6.45, 7) is 1.66. The molecule has 17 heavy (non-hydrogen) atoms. The zero-order valence-corrected chi connectivity index (χ0v) is 10.4. The van der Waals surface area contributed by atoms with Crippen molar-refractivity contribution in [3.8, 4) is 0 Å². The van der Waals surface area contributed by atoms with Crippen LogP contribution >= 0.6 is 0 Å². The van der Waals surface area contributed by atoms with Gasteiger partial charge in [0.15, 0.2) is 0 Å². The van der Waals surface area contributed by atoms with E-state index in [9.17, 15) is 9.59 Å². The standard InChI is InChI=1S/C12H22N2O3/c1-9(15)6-7-12(17)14(8-11(13)16)10-4-2-3-5-10/h9-10,15H,2-8H2,1H3,(H2,13,16). The molecule has 0 heterocycles. The van der Waals surface area contributed by atoms with E-state index < -0.39 is 12.0 Å². The fraction of sp³-hybridized carbons (Fsp3) is 0.833. The minimum atomic E-state index is -0.488. The second kappa shape index (κ2) is 6.59. The number of hydrogen-bond acceptors (Lipinski definition) is 3. The molecular formula is C12H22N2O3. The Balaban J connectivity index is 2.54. The molecule has 1 aliphatic rings. The molecule has 0 aliphatic heterocycles. The van der Waals surface area contributed by atoms with Crippen LogP contribution < -0.4 is 5.73 Å². The lowest BCUT2D eigenvalue weighted by Gasteiger charge is -2.28. The van der Waals surface area contributed by atoms with Crippen LogP contribution in [0.25, 0.3) is 0 Å². The van der Waals surface area contributed by atoms with E-state index >= 15 is 0 Å². The van der Waals surface area contributed by atoms with Crippen molar-refractivity contribution >= 4 is 11.8 Å². The number of aliphatic hydroxyl groups is 1. The Morgan fingerprint density at radius 1 is 1.41 bits per heavy atom. The monoisotopic (exact) mass is 242 g/mol. The predicted molar refractivity (Wildman–Crippen MR) is 64.1 cm³/mol. The predicted octanol–water partition coefficient (Wildman–Crippen LogP) is 0.404. The zero-order chi connectivity index (χ0) is 12.8. The summed E-state index contributed by atoms with van der Waals surface area (Å²) in [6.07, 6.45) is 4.33. The van der Waals surface area contributed by atoms with Crippen LogP contribution in [0.15, 0.2) is 0 Å². The number of carbonyl (C=O) groups is 2. The van der Waals surface area contributed by atoms with Gasteiger partial charge in [-0.25, -0.2) is 0 Å². The number of primary amides is 1. The maximum absolute atomic E-state index is 12.0. The van der Waals surface area contributed by atoms with Gasteiger partial charge in [0.1, 0.15) is 0 Å². The molecule has 1 saturated carbocycles. The van der Waals surface area contributed by atoms with Gasteiger partial charge in [0.05, 0.1) is 12.6 Å². The van der Waals surface area contributed by atoms with Crippen molar-refractivity contribution in [2.24, 2.45) is 5.73 Å². The van der Waals surface area contributed by atoms with E-state index in [1.807, 2.05) is 0 Å². The molecule has 0 spiro atoms. The van der Waals surface area contributed by atoms with E-state index in [1.54, 1.807) is 11.8 Å². The maximum Gasteiger partial charge on any atom is 0.237 e. The maximum atomic E-state index is 12.0. The molecule has 0 saturated heterocycles. The summed E-state index contributed by atoms with van der Waals surface area (Å²) in [4.78, 5) is 24.6. The summed E-state index contributed by atoms with van der Waals surface area (Å²) in [7, 11) is 0. The summed E-state index contributed by atoms with van der Waals surface area (Å²) >= 11 is 0. The molecule has 3 N–H and O–H groups in total. The van der Waals surface area contributed by atoms with Crippen LogP contribution in [0.5, 0.6) is 0 Å². The second-order valence-electron chi connectivity index (χ2n) is 4.81. The molecule has 1 atom stereocenters. The molecule has 1 fully saturated rings. The molecular weight excluding hydrogens is 220 g/mol. The first-order chi connectivity index (χ1) is 8.00. The molecule has 0 aromatic heterocycles. The minimum Gasteiger partial charge on any atom is -0.393 e. The fourth-order valence-corrected chi connectivity index (χ4v) is 2.28. The average Bonchev–Trinajstić information content (AvgIpc) is 2.75. The number of rotatable bonds is 6. The third-order valence-corrected chi connectivity index (χ3v) is 3.19. The van der Waals surface area contributed by atoms with E-state index in [0.717, 1.165) is 25.7 Å². The first-order valence-electron chi connectivity index (χ1n) is 6.26. The van der Waals surface area contributed by atoms with Crippen LogP contribution in [0.4, 0.5) is 0 Å². The Hall–Kier alpha value is -1.10. The van der Waals surface area contributed by atoms with E-state index in [2.05, 4.69) is 0 Å². The lowest BCUT2D eigenvalue weighted by molar-refractivity contribution is -0.137. The smallest absolute Gasteiger partial charge is 0.237 e. The van der Waals surface area contributed by atoms with E-state index in [4.69, 9.17) is 10.8 Å². The van der Waals surface area contributed by atoms with Gasteiger partial charge in [-0.15, -0.1) is 0 Å². The lowest BCUT2D eigenvalue weighted by Crippen LogP contribution is -2.44. The summed E-state index contributed by atoms with van der Waals surface area (Å²) in [5.41, 5.74) is 5.17. The van der Waals surface area contributed by atoms with Gasteiger partial charge in [-0.3, -0.25) is 9.59 Å². The van der Waals surface area contributed by atoms with E-state index in [0.29, 0.717) is 6.42 Å². The summed E-state index contributed by atoms with van der Waals surface area (Å²) < 4.78 is 0. The quantitative estimate of drug-likeness (QED) is 0.707. The Labute approximate surface area is 102 Å². The topological polar surface area (TPSA) is 83.6 Å². The number of carbonyl (C=O) groups excluding carboxylic acids is 2. The molecule has 0 bridgehead atoms. The van der Waals surface area contributed by atoms with E-state index in [-0.39, 0.29) is 24.9 Å². The molecule has 98 valence electrons. The highest BCUT2D eigenvalue weighted by Gasteiger charge is 2.27. The number of nitrogens with two attached hydrogens (primary N) is 1. The number of nitrogens with zero attached hydrogens (tertiary/aromatic N) is 1. The molecule has 1 unspecified atom stereocenters. The second-order valence-corrected chi connectivity index (χ2v) is 4.81. The highest BCUT2D eigenvalue weighted by molar-refractivity contribution is 5.84. The molecule has 0 radical (unpaired) electrons. The van der Waals surface area contributed by atoms with Gasteiger partial charge in [-0.1, -0.05) is 12.8 Å². The average molecular weight is 242 g/mol. The van der Waals surface area contributed by atoms with Crippen molar-refractivity contribution < 1.29 is 14.7 Å². The van der Waals surface area contributed by atoms with E-state index in [1.165, 1.54) is 0 Å². The molecule has 2 amide bonds. The van der Waals surface area contributed by atoms with Crippen molar-refractivity contribution in [3.05, 3.63) is 0 Å². The Morgan fingerprint density at radius 2 is 2.00 bits per heavy atom. The Morgan fingerprint density at radius 3 is 2.47 bits per heavy atom. The van der Waals surface area contributed by atoms with Gasteiger partial charge in [0, 0.05) is 12.5 Å². The minimum absolute atomic E-state index is 0.00328. The summed E-state index contributed by atoms with van der Waals surface area (Å²) in [5, 5.41) is 9.17. The highest BCUT2D eigenvalue weighted by atomic mass is 16.3. The summed E-state index contributed by atoms with van der Waals surface area (Å²) in [6, 6.07) is 0.156. The first kappa shape index (κ1) is 14.0. The van der Waals surface area contributed by atoms with Crippen molar-refractivity contribution in [1.82, 2.24) is 4.90 Å². The SMILES string of the molecule is CC(O)CCC(=O)N(CC(N)=O)C1CCCC1. The van der Waals surface area contributed by atoms with Crippen LogP contribution in [-0.4, -0.2) is 40.5 Å². The number of hydrogen-bond donors (Lipinski definition) is 2. The van der Waals surface area contributed by atoms with Crippen LogP contribution in [0.2, 0.25) is 0 Å². The number of aliphatic hydroxyl groups excluding tert-OH is 1.